The van der Waals surface area contributed by atoms with E-state index >= 15 is 0 Å². The Balaban J connectivity index is 1.90. The highest BCUT2D eigenvalue weighted by Crippen LogP contribution is 2.44. The minimum Gasteiger partial charge on any atom is -0.375 e. The van der Waals surface area contributed by atoms with Crippen molar-refractivity contribution in [2.45, 2.75) is 37.5 Å². The molecule has 1 aromatic carbocycles. The fourth-order valence-electron chi connectivity index (χ4n) is 3.23. The van der Waals surface area contributed by atoms with Gasteiger partial charge in [-0.25, -0.2) is 8.78 Å². The van der Waals surface area contributed by atoms with Crippen LogP contribution in [0.4, 0.5) is 8.78 Å². The first-order valence-corrected chi connectivity index (χ1v) is 6.26. The summed E-state index contributed by atoms with van der Waals surface area (Å²) in [6.45, 7) is 0. The molecule has 98 valence electrons. The smallest absolute Gasteiger partial charge is 0.163 e. The van der Waals surface area contributed by atoms with Crippen LogP contribution in [0.1, 0.15) is 30.9 Å². The lowest BCUT2D eigenvalue weighted by Gasteiger charge is -2.28. The van der Waals surface area contributed by atoms with E-state index in [0.29, 0.717) is 5.56 Å². The van der Waals surface area contributed by atoms with Gasteiger partial charge in [-0.2, -0.15) is 0 Å². The molecule has 0 spiro atoms. The summed E-state index contributed by atoms with van der Waals surface area (Å²) in [5.74, 6) is 4.00. The van der Waals surface area contributed by atoms with Crippen LogP contribution in [-0.4, -0.2) is 12.2 Å². The van der Waals surface area contributed by atoms with Gasteiger partial charge in [0.1, 0.15) is 0 Å². The quantitative estimate of drug-likeness (QED) is 0.641. The number of rotatable bonds is 3. The Morgan fingerprint density at radius 1 is 1.33 bits per heavy atom. The van der Waals surface area contributed by atoms with Gasteiger partial charge in [0.2, 0.25) is 0 Å². The van der Waals surface area contributed by atoms with Crippen molar-refractivity contribution in [1.82, 2.24) is 5.43 Å². The van der Waals surface area contributed by atoms with Gasteiger partial charge in [-0.15, -0.1) is 0 Å². The molecule has 2 aliphatic rings. The summed E-state index contributed by atoms with van der Waals surface area (Å²) in [7, 11) is 0. The second-order valence-corrected chi connectivity index (χ2v) is 5.06. The lowest BCUT2D eigenvalue weighted by atomic mass is 9.81. The van der Waals surface area contributed by atoms with Gasteiger partial charge in [-0.1, -0.05) is 12.1 Å². The maximum atomic E-state index is 13.8. The van der Waals surface area contributed by atoms with Crippen molar-refractivity contribution >= 4 is 0 Å². The zero-order valence-electron chi connectivity index (χ0n) is 9.90. The van der Waals surface area contributed by atoms with Crippen LogP contribution >= 0.6 is 0 Å². The number of hydrogen-bond donors (Lipinski definition) is 2. The summed E-state index contributed by atoms with van der Waals surface area (Å²) in [5.41, 5.74) is 2.92. The molecule has 3 N–H and O–H groups in total. The van der Waals surface area contributed by atoms with Crippen molar-refractivity contribution in [2.75, 3.05) is 0 Å². The minimum atomic E-state index is -0.836. The molecule has 3 rings (SSSR count). The number of nitrogens with two attached hydrogens (primary N) is 1. The molecule has 4 atom stereocenters. The van der Waals surface area contributed by atoms with E-state index in [9.17, 15) is 8.78 Å². The van der Waals surface area contributed by atoms with E-state index in [1.807, 2.05) is 0 Å². The van der Waals surface area contributed by atoms with Crippen LogP contribution in [-0.2, 0) is 4.74 Å². The van der Waals surface area contributed by atoms with Gasteiger partial charge in [0.25, 0.3) is 0 Å². The summed E-state index contributed by atoms with van der Waals surface area (Å²) in [5, 5.41) is 0. The zero-order valence-corrected chi connectivity index (χ0v) is 9.90. The summed E-state index contributed by atoms with van der Waals surface area (Å²) in [4.78, 5) is 0. The van der Waals surface area contributed by atoms with Crippen molar-refractivity contribution in [1.29, 1.82) is 0 Å². The highest BCUT2D eigenvalue weighted by atomic mass is 19.2. The van der Waals surface area contributed by atoms with Crippen molar-refractivity contribution in [3.8, 4) is 0 Å². The molecule has 0 radical (unpaired) electrons. The van der Waals surface area contributed by atoms with E-state index in [4.69, 9.17) is 10.6 Å². The van der Waals surface area contributed by atoms with Gasteiger partial charge >= 0.3 is 0 Å². The zero-order chi connectivity index (χ0) is 12.7. The summed E-state index contributed by atoms with van der Waals surface area (Å²) < 4.78 is 32.8. The van der Waals surface area contributed by atoms with E-state index < -0.39 is 17.7 Å². The Bertz CT molecular complexity index is 455. The van der Waals surface area contributed by atoms with E-state index in [0.717, 1.165) is 25.3 Å². The summed E-state index contributed by atoms with van der Waals surface area (Å²) >= 11 is 0. The van der Waals surface area contributed by atoms with Gasteiger partial charge in [0, 0.05) is 11.5 Å². The maximum absolute atomic E-state index is 13.8. The molecular weight excluding hydrogens is 238 g/mol. The number of halogens is 2. The molecule has 3 nitrogen and oxygen atoms in total. The largest absolute Gasteiger partial charge is 0.375 e. The second kappa shape index (κ2) is 4.57. The van der Waals surface area contributed by atoms with Crippen molar-refractivity contribution in [2.24, 2.45) is 11.8 Å². The monoisotopic (exact) mass is 254 g/mol. The topological polar surface area (TPSA) is 47.3 Å². The fraction of sp³-hybridized carbons (Fsp3) is 0.538. The molecule has 2 heterocycles. The average Bonchev–Trinajstić information content (AvgIpc) is 2.98. The number of hydrogen-bond acceptors (Lipinski definition) is 3. The van der Waals surface area contributed by atoms with Gasteiger partial charge < -0.3 is 4.74 Å². The third-order valence-corrected chi connectivity index (χ3v) is 4.08. The molecule has 1 aromatic rings. The first kappa shape index (κ1) is 12.0. The van der Waals surface area contributed by atoms with Crippen molar-refractivity contribution in [3.63, 3.8) is 0 Å². The number of hydrazine groups is 1. The second-order valence-electron chi connectivity index (χ2n) is 5.06. The van der Waals surface area contributed by atoms with Crippen LogP contribution in [0.5, 0.6) is 0 Å². The van der Waals surface area contributed by atoms with Crippen LogP contribution in [0.25, 0.3) is 0 Å². The van der Waals surface area contributed by atoms with E-state index in [1.165, 1.54) is 6.07 Å². The summed E-state index contributed by atoms with van der Waals surface area (Å²) in [6, 6.07) is 3.81. The molecule has 2 aliphatic heterocycles. The van der Waals surface area contributed by atoms with E-state index in [1.54, 1.807) is 6.07 Å². The molecule has 2 fully saturated rings. The van der Waals surface area contributed by atoms with Gasteiger partial charge in [-0.3, -0.25) is 11.3 Å². The predicted octanol–water partition coefficient (Wildman–Crippen LogP) is 2.04. The first-order chi connectivity index (χ1) is 8.70. The molecule has 4 unspecified atom stereocenters. The normalized spacial score (nSPS) is 31.8. The molecule has 0 aromatic heterocycles. The Morgan fingerprint density at radius 2 is 2.17 bits per heavy atom. The first-order valence-electron chi connectivity index (χ1n) is 6.26. The van der Waals surface area contributed by atoms with Crippen molar-refractivity contribution < 1.29 is 13.5 Å². The molecule has 18 heavy (non-hydrogen) atoms. The Hall–Kier alpha value is -1.04. The molecular formula is C13H16F2N2O. The average molecular weight is 254 g/mol. The van der Waals surface area contributed by atoms with Crippen LogP contribution < -0.4 is 11.3 Å². The molecule has 2 bridgehead atoms. The van der Waals surface area contributed by atoms with Crippen LogP contribution in [0, 0.1) is 17.6 Å². The van der Waals surface area contributed by atoms with Crippen LogP contribution in [0.3, 0.4) is 0 Å². The van der Waals surface area contributed by atoms with Crippen LogP contribution in [0.15, 0.2) is 18.2 Å². The molecule has 5 heteroatoms. The standard InChI is InChI=1S/C13H16F2N2O/c14-10-3-1-2-8(12(10)15)13(17-16)9-6-7-4-5-11(9)18-7/h1-3,7,9,11,13,17H,4-6,16H2. The van der Waals surface area contributed by atoms with E-state index in [2.05, 4.69) is 5.43 Å². The van der Waals surface area contributed by atoms with Gasteiger partial charge in [0.05, 0.1) is 18.2 Å². The molecule has 0 amide bonds. The van der Waals surface area contributed by atoms with Gasteiger partial charge in [-0.05, 0) is 25.3 Å². The summed E-state index contributed by atoms with van der Waals surface area (Å²) in [6.07, 6.45) is 3.26. The van der Waals surface area contributed by atoms with Crippen LogP contribution in [0.2, 0.25) is 0 Å². The highest BCUT2D eigenvalue weighted by molar-refractivity contribution is 5.24. The SMILES string of the molecule is NNC(c1cccc(F)c1F)C1CC2CCC1O2. The number of nitrogens with one attached hydrogen (secondary N) is 1. The third-order valence-electron chi connectivity index (χ3n) is 4.08. The lowest BCUT2D eigenvalue weighted by molar-refractivity contribution is 0.0853. The lowest BCUT2D eigenvalue weighted by Crippen LogP contribution is -2.38. The molecule has 0 saturated carbocycles. The molecule has 2 saturated heterocycles. The Morgan fingerprint density at radius 3 is 2.78 bits per heavy atom. The van der Waals surface area contributed by atoms with Crippen molar-refractivity contribution in [3.05, 3.63) is 35.4 Å². The minimum absolute atomic E-state index is 0.110. The third kappa shape index (κ3) is 1.83. The highest BCUT2D eigenvalue weighted by Gasteiger charge is 2.45. The Kier molecular flexibility index (Phi) is 3.05. The number of benzene rings is 1. The number of fused-ring (bicyclic) bond motifs is 2. The maximum Gasteiger partial charge on any atom is 0.163 e. The van der Waals surface area contributed by atoms with Gasteiger partial charge in [0.15, 0.2) is 11.6 Å². The predicted molar refractivity (Wildman–Crippen MR) is 62.4 cm³/mol. The Labute approximate surface area is 104 Å². The number of ether oxygens (including phenoxy) is 1. The van der Waals surface area contributed by atoms with E-state index in [-0.39, 0.29) is 18.1 Å². The molecule has 0 aliphatic carbocycles. The fourth-order valence-corrected chi connectivity index (χ4v) is 3.23.